The molecule has 0 amide bonds. The molecule has 1 aromatic rings. The van der Waals surface area contributed by atoms with E-state index < -0.39 is 0 Å². The Labute approximate surface area is 119 Å². The first kappa shape index (κ1) is 14.2. The highest BCUT2D eigenvalue weighted by atomic mass is 32.2. The van der Waals surface area contributed by atoms with Gasteiger partial charge in [-0.25, -0.2) is 0 Å². The largest absolute Gasteiger partial charge is 0.394 e. The molecule has 4 heteroatoms. The monoisotopic (exact) mass is 276 g/mol. The van der Waals surface area contributed by atoms with Crippen LogP contribution in [0.25, 0.3) is 0 Å². The van der Waals surface area contributed by atoms with Gasteiger partial charge in [-0.3, -0.25) is 0 Å². The van der Waals surface area contributed by atoms with Crippen LogP contribution >= 0.6 is 11.8 Å². The minimum atomic E-state index is -0.249. The maximum atomic E-state index is 9.74. The second kappa shape index (κ2) is 6.31. The molecule has 0 spiro atoms. The number of hydrogen-bond donors (Lipinski definition) is 2. The molecule has 3 nitrogen and oxygen atoms in total. The van der Waals surface area contributed by atoms with E-state index in [0.29, 0.717) is 5.56 Å². The minimum absolute atomic E-state index is 0.126. The van der Waals surface area contributed by atoms with E-state index in [1.165, 1.54) is 6.42 Å². The number of benzene rings is 1. The summed E-state index contributed by atoms with van der Waals surface area (Å²) in [5, 5.41) is 22.5. The molecule has 1 fully saturated rings. The second-order valence-electron chi connectivity index (χ2n) is 5.12. The lowest BCUT2D eigenvalue weighted by molar-refractivity contribution is 0.173. The number of nitrogens with zero attached hydrogens (tertiary/aromatic N) is 1. The molecule has 0 aromatic heterocycles. The summed E-state index contributed by atoms with van der Waals surface area (Å²) in [6.45, 7) is 0.126. The summed E-state index contributed by atoms with van der Waals surface area (Å²) in [7, 11) is 0. The summed E-state index contributed by atoms with van der Waals surface area (Å²) in [6.07, 6.45) is 7.42. The highest BCUT2D eigenvalue weighted by molar-refractivity contribution is 7.98. The Hall–Kier alpha value is -1.18. The average molecular weight is 276 g/mol. The van der Waals surface area contributed by atoms with Gasteiger partial charge in [-0.15, -0.1) is 11.8 Å². The van der Waals surface area contributed by atoms with E-state index in [9.17, 15) is 10.4 Å². The number of thioether (sulfide) groups is 1. The van der Waals surface area contributed by atoms with Crippen molar-refractivity contribution in [3.8, 4) is 6.07 Å². The van der Waals surface area contributed by atoms with Gasteiger partial charge in [-0.05, 0) is 31.2 Å². The number of aliphatic hydroxyl groups is 1. The van der Waals surface area contributed by atoms with Crippen LogP contribution in [0.15, 0.2) is 23.1 Å². The zero-order chi connectivity index (χ0) is 13.7. The first-order valence-electron chi connectivity index (χ1n) is 6.71. The summed E-state index contributed by atoms with van der Waals surface area (Å²) in [5.41, 5.74) is 1.29. The number of nitriles is 1. The molecular weight excluding hydrogens is 256 g/mol. The Kier molecular flexibility index (Phi) is 4.73. The van der Waals surface area contributed by atoms with Gasteiger partial charge < -0.3 is 10.4 Å². The van der Waals surface area contributed by atoms with Gasteiger partial charge in [0.25, 0.3) is 0 Å². The molecule has 0 radical (unpaired) electrons. The summed E-state index contributed by atoms with van der Waals surface area (Å²) in [4.78, 5) is 0.983. The molecule has 0 heterocycles. The molecular formula is C15H20N2OS. The van der Waals surface area contributed by atoms with Crippen LogP contribution < -0.4 is 5.32 Å². The molecule has 0 saturated heterocycles. The average Bonchev–Trinajstić information content (AvgIpc) is 2.48. The Balaban J connectivity index is 2.29. The fourth-order valence-electron chi connectivity index (χ4n) is 2.76. The number of anilines is 1. The Morgan fingerprint density at radius 1 is 1.37 bits per heavy atom. The molecule has 0 atom stereocenters. The third kappa shape index (κ3) is 3.05. The van der Waals surface area contributed by atoms with E-state index in [2.05, 4.69) is 11.4 Å². The molecule has 0 aliphatic heterocycles. The van der Waals surface area contributed by atoms with Crippen molar-refractivity contribution < 1.29 is 5.11 Å². The predicted molar refractivity (Wildman–Crippen MR) is 79.5 cm³/mol. The zero-order valence-corrected chi connectivity index (χ0v) is 12.1. The van der Waals surface area contributed by atoms with Gasteiger partial charge in [0.1, 0.15) is 6.07 Å². The van der Waals surface area contributed by atoms with Gasteiger partial charge in [0.2, 0.25) is 0 Å². The number of nitrogens with one attached hydrogen (secondary N) is 1. The van der Waals surface area contributed by atoms with Crippen LogP contribution in [0.2, 0.25) is 0 Å². The number of hydrogen-bond acceptors (Lipinski definition) is 4. The Bertz CT molecular complexity index is 476. The molecule has 1 aliphatic carbocycles. The first-order valence-corrected chi connectivity index (χ1v) is 7.93. The van der Waals surface area contributed by atoms with E-state index in [1.54, 1.807) is 11.8 Å². The van der Waals surface area contributed by atoms with Crippen molar-refractivity contribution in [2.24, 2.45) is 0 Å². The fraction of sp³-hybridized carbons (Fsp3) is 0.533. The quantitative estimate of drug-likeness (QED) is 0.828. The normalized spacial score (nSPS) is 17.7. The molecule has 1 saturated carbocycles. The van der Waals surface area contributed by atoms with Crippen LogP contribution in [-0.4, -0.2) is 23.5 Å². The van der Waals surface area contributed by atoms with Crippen molar-refractivity contribution in [2.75, 3.05) is 18.2 Å². The minimum Gasteiger partial charge on any atom is -0.394 e. The standard InChI is InChI=1S/C15H20N2OS/c1-19-14-7-5-6-13(12(14)10-16)17-15(11-18)8-3-2-4-9-15/h5-7,17-18H,2-4,8-9,11H2,1H3. The highest BCUT2D eigenvalue weighted by Crippen LogP contribution is 2.34. The fourth-order valence-corrected chi connectivity index (χ4v) is 3.33. The van der Waals surface area contributed by atoms with Crippen molar-refractivity contribution >= 4 is 17.4 Å². The van der Waals surface area contributed by atoms with Crippen LogP contribution in [-0.2, 0) is 0 Å². The third-order valence-electron chi connectivity index (χ3n) is 3.87. The van der Waals surface area contributed by atoms with Crippen molar-refractivity contribution in [2.45, 2.75) is 42.5 Å². The Morgan fingerprint density at radius 2 is 2.11 bits per heavy atom. The SMILES string of the molecule is CSc1cccc(NC2(CO)CCCCC2)c1C#N. The summed E-state index contributed by atoms with van der Waals surface area (Å²) >= 11 is 1.58. The van der Waals surface area contributed by atoms with Gasteiger partial charge in [-0.2, -0.15) is 5.26 Å². The predicted octanol–water partition coefficient (Wildman–Crippen LogP) is 3.39. The maximum Gasteiger partial charge on any atom is 0.102 e. The van der Waals surface area contributed by atoms with E-state index >= 15 is 0 Å². The lowest BCUT2D eigenvalue weighted by atomic mass is 9.82. The second-order valence-corrected chi connectivity index (χ2v) is 5.97. The van der Waals surface area contributed by atoms with Crippen LogP contribution in [0.5, 0.6) is 0 Å². The lowest BCUT2D eigenvalue weighted by Gasteiger charge is -2.37. The van der Waals surface area contributed by atoms with Gasteiger partial charge in [0.15, 0.2) is 0 Å². The Morgan fingerprint density at radius 3 is 2.68 bits per heavy atom. The third-order valence-corrected chi connectivity index (χ3v) is 4.65. The van der Waals surface area contributed by atoms with Crippen LogP contribution in [0.1, 0.15) is 37.7 Å². The van der Waals surface area contributed by atoms with Crippen molar-refractivity contribution in [1.29, 1.82) is 5.26 Å². The first-order chi connectivity index (χ1) is 9.24. The molecule has 19 heavy (non-hydrogen) atoms. The molecule has 0 bridgehead atoms. The molecule has 0 unspecified atom stereocenters. The van der Waals surface area contributed by atoms with Crippen molar-refractivity contribution in [1.82, 2.24) is 0 Å². The van der Waals surface area contributed by atoms with Gasteiger partial charge in [0.05, 0.1) is 23.4 Å². The lowest BCUT2D eigenvalue weighted by Crippen LogP contribution is -2.44. The van der Waals surface area contributed by atoms with Crippen molar-refractivity contribution in [3.05, 3.63) is 23.8 Å². The van der Waals surface area contributed by atoms with Crippen LogP contribution in [0.4, 0.5) is 5.69 Å². The van der Waals surface area contributed by atoms with Crippen molar-refractivity contribution in [3.63, 3.8) is 0 Å². The van der Waals surface area contributed by atoms with Crippen LogP contribution in [0.3, 0.4) is 0 Å². The van der Waals surface area contributed by atoms with Crippen LogP contribution in [0, 0.1) is 11.3 Å². The number of rotatable bonds is 4. The van der Waals surface area contributed by atoms with Gasteiger partial charge >= 0.3 is 0 Å². The van der Waals surface area contributed by atoms with Gasteiger partial charge in [0, 0.05) is 4.90 Å². The molecule has 1 aliphatic rings. The number of aliphatic hydroxyl groups excluding tert-OH is 1. The summed E-state index contributed by atoms with van der Waals surface area (Å²) < 4.78 is 0. The topological polar surface area (TPSA) is 56.0 Å². The molecule has 2 N–H and O–H groups in total. The van der Waals surface area contributed by atoms with E-state index in [-0.39, 0.29) is 12.1 Å². The molecule has 102 valence electrons. The summed E-state index contributed by atoms with van der Waals surface area (Å²) in [5.74, 6) is 0. The van der Waals surface area contributed by atoms with E-state index in [1.807, 2.05) is 24.5 Å². The molecule has 1 aromatic carbocycles. The highest BCUT2D eigenvalue weighted by Gasteiger charge is 2.31. The van der Waals surface area contributed by atoms with Gasteiger partial charge in [-0.1, -0.05) is 25.3 Å². The maximum absolute atomic E-state index is 9.74. The molecule has 2 rings (SSSR count). The smallest absolute Gasteiger partial charge is 0.102 e. The van der Waals surface area contributed by atoms with E-state index in [0.717, 1.165) is 36.3 Å². The zero-order valence-electron chi connectivity index (χ0n) is 11.3. The van der Waals surface area contributed by atoms with E-state index in [4.69, 9.17) is 0 Å². The summed E-state index contributed by atoms with van der Waals surface area (Å²) in [6, 6.07) is 8.14.